The Hall–Kier alpha value is -1.31. The van der Waals surface area contributed by atoms with E-state index in [4.69, 9.17) is 0 Å². The Kier molecular flexibility index (Phi) is 3.82. The van der Waals surface area contributed by atoms with Crippen molar-refractivity contribution in [2.75, 3.05) is 6.54 Å². The number of benzene rings is 1. The molecule has 1 aliphatic heterocycles. The second-order valence-electron chi connectivity index (χ2n) is 5.24. The molecule has 0 aliphatic carbocycles. The molecule has 1 aliphatic rings. The molecule has 0 spiro atoms. The van der Waals surface area contributed by atoms with Crippen molar-refractivity contribution < 1.29 is 4.79 Å². The second-order valence-corrected chi connectivity index (χ2v) is 5.24. The number of likely N-dealkylation sites (tertiary alicyclic amines) is 1. The highest BCUT2D eigenvalue weighted by Crippen LogP contribution is 2.25. The third-order valence-corrected chi connectivity index (χ3v) is 3.59. The summed E-state index contributed by atoms with van der Waals surface area (Å²) in [5, 5.41) is 0. The number of amides is 1. The van der Waals surface area contributed by atoms with E-state index in [1.54, 1.807) is 0 Å². The highest BCUT2D eigenvalue weighted by molar-refractivity contribution is 5.79. The van der Waals surface area contributed by atoms with Crippen LogP contribution in [-0.4, -0.2) is 17.4 Å². The van der Waals surface area contributed by atoms with Gasteiger partial charge in [0.15, 0.2) is 0 Å². The van der Waals surface area contributed by atoms with Gasteiger partial charge >= 0.3 is 0 Å². The van der Waals surface area contributed by atoms with E-state index in [-0.39, 0.29) is 5.92 Å². The molecule has 1 aromatic carbocycles. The van der Waals surface area contributed by atoms with Crippen LogP contribution in [0.5, 0.6) is 0 Å². The van der Waals surface area contributed by atoms with E-state index in [0.717, 1.165) is 25.9 Å². The van der Waals surface area contributed by atoms with E-state index >= 15 is 0 Å². The molecule has 1 unspecified atom stereocenters. The first-order valence-electron chi connectivity index (χ1n) is 6.51. The van der Waals surface area contributed by atoms with Gasteiger partial charge in [-0.25, -0.2) is 0 Å². The van der Waals surface area contributed by atoms with Gasteiger partial charge in [-0.1, -0.05) is 44.2 Å². The van der Waals surface area contributed by atoms with Crippen LogP contribution < -0.4 is 0 Å². The third-order valence-electron chi connectivity index (χ3n) is 3.59. The number of carbonyl (C=O) groups is 1. The molecule has 92 valence electrons. The number of hydrogen-bond donors (Lipinski definition) is 0. The molecule has 1 aromatic rings. The minimum atomic E-state index is 0.229. The smallest absolute Gasteiger partial charge is 0.226 e. The largest absolute Gasteiger partial charge is 0.338 e. The fourth-order valence-corrected chi connectivity index (χ4v) is 2.55. The molecule has 2 heteroatoms. The predicted molar refractivity (Wildman–Crippen MR) is 69.4 cm³/mol. The Morgan fingerprint density at radius 3 is 2.65 bits per heavy atom. The molecule has 17 heavy (non-hydrogen) atoms. The maximum Gasteiger partial charge on any atom is 0.226 e. The average molecular weight is 231 g/mol. The van der Waals surface area contributed by atoms with Crippen LogP contribution in [0, 0.1) is 11.8 Å². The molecule has 1 atom stereocenters. The van der Waals surface area contributed by atoms with Crippen molar-refractivity contribution in [1.82, 2.24) is 4.90 Å². The molecule has 1 saturated heterocycles. The average Bonchev–Trinajstić information content (AvgIpc) is 2.33. The summed E-state index contributed by atoms with van der Waals surface area (Å²) >= 11 is 0. The van der Waals surface area contributed by atoms with Gasteiger partial charge < -0.3 is 4.90 Å². The number of rotatable bonds is 3. The van der Waals surface area contributed by atoms with Crippen molar-refractivity contribution in [3.8, 4) is 0 Å². The van der Waals surface area contributed by atoms with Gasteiger partial charge in [-0.15, -0.1) is 0 Å². The lowest BCUT2D eigenvalue weighted by molar-refractivity contribution is -0.140. The van der Waals surface area contributed by atoms with Gasteiger partial charge in [-0.2, -0.15) is 0 Å². The monoisotopic (exact) mass is 231 g/mol. The van der Waals surface area contributed by atoms with E-state index < -0.39 is 0 Å². The molecule has 0 radical (unpaired) electrons. The maximum absolute atomic E-state index is 12.3. The number of nitrogens with zero attached hydrogens (tertiary/aromatic N) is 1. The van der Waals surface area contributed by atoms with Gasteiger partial charge in [0.25, 0.3) is 0 Å². The molecular formula is C15H21NO. The van der Waals surface area contributed by atoms with Crippen molar-refractivity contribution >= 4 is 5.91 Å². The Morgan fingerprint density at radius 2 is 2.00 bits per heavy atom. The summed E-state index contributed by atoms with van der Waals surface area (Å²) in [5.74, 6) is 1.03. The normalized spacial score (nSPS) is 21.0. The van der Waals surface area contributed by atoms with Crippen LogP contribution in [-0.2, 0) is 11.3 Å². The molecule has 1 amide bonds. The van der Waals surface area contributed by atoms with Gasteiger partial charge in [0.2, 0.25) is 5.91 Å². The van der Waals surface area contributed by atoms with Gasteiger partial charge in [-0.05, 0) is 24.3 Å². The van der Waals surface area contributed by atoms with E-state index in [1.165, 1.54) is 5.56 Å². The highest BCUT2D eigenvalue weighted by atomic mass is 16.2. The summed E-state index contributed by atoms with van der Waals surface area (Å²) in [6, 6.07) is 10.3. The Balaban J connectivity index is 2.04. The Bertz CT molecular complexity index is 372. The van der Waals surface area contributed by atoms with Crippen molar-refractivity contribution in [3.63, 3.8) is 0 Å². The van der Waals surface area contributed by atoms with Crippen molar-refractivity contribution in [1.29, 1.82) is 0 Å². The van der Waals surface area contributed by atoms with Crippen LogP contribution in [0.2, 0.25) is 0 Å². The van der Waals surface area contributed by atoms with Crippen LogP contribution in [0.4, 0.5) is 0 Å². The van der Waals surface area contributed by atoms with E-state index in [9.17, 15) is 4.79 Å². The Labute approximate surface area is 104 Å². The fraction of sp³-hybridized carbons (Fsp3) is 0.533. The van der Waals surface area contributed by atoms with Crippen LogP contribution >= 0.6 is 0 Å². The zero-order valence-electron chi connectivity index (χ0n) is 10.7. The van der Waals surface area contributed by atoms with E-state index in [0.29, 0.717) is 11.8 Å². The molecule has 1 fully saturated rings. The van der Waals surface area contributed by atoms with Gasteiger partial charge in [0.1, 0.15) is 0 Å². The molecule has 0 N–H and O–H groups in total. The Morgan fingerprint density at radius 1 is 1.29 bits per heavy atom. The van der Waals surface area contributed by atoms with Gasteiger partial charge in [0.05, 0.1) is 0 Å². The quantitative estimate of drug-likeness (QED) is 0.783. The summed E-state index contributed by atoms with van der Waals surface area (Å²) in [5.41, 5.74) is 1.23. The van der Waals surface area contributed by atoms with Crippen LogP contribution in [0.15, 0.2) is 30.3 Å². The van der Waals surface area contributed by atoms with Gasteiger partial charge in [0, 0.05) is 19.0 Å². The van der Waals surface area contributed by atoms with Crippen LogP contribution in [0.1, 0.15) is 32.3 Å². The number of piperidine rings is 1. The zero-order chi connectivity index (χ0) is 12.3. The van der Waals surface area contributed by atoms with E-state index in [2.05, 4.69) is 26.0 Å². The number of hydrogen-bond acceptors (Lipinski definition) is 1. The van der Waals surface area contributed by atoms with Crippen LogP contribution in [0.25, 0.3) is 0 Å². The molecule has 0 aromatic heterocycles. The number of carbonyl (C=O) groups excluding carboxylic acids is 1. The zero-order valence-corrected chi connectivity index (χ0v) is 10.7. The lowest BCUT2D eigenvalue weighted by atomic mass is 9.87. The SMILES string of the molecule is CC(C)C1CCCN(Cc2ccccc2)C1=O. The molecule has 2 nitrogen and oxygen atoms in total. The van der Waals surface area contributed by atoms with Crippen molar-refractivity contribution in [2.24, 2.45) is 11.8 Å². The minimum absolute atomic E-state index is 0.229. The topological polar surface area (TPSA) is 20.3 Å². The molecule has 1 heterocycles. The second kappa shape index (κ2) is 5.35. The summed E-state index contributed by atoms with van der Waals surface area (Å²) in [4.78, 5) is 14.3. The third kappa shape index (κ3) is 2.87. The highest BCUT2D eigenvalue weighted by Gasteiger charge is 2.30. The summed E-state index contributed by atoms with van der Waals surface area (Å²) < 4.78 is 0. The van der Waals surface area contributed by atoms with Crippen molar-refractivity contribution in [3.05, 3.63) is 35.9 Å². The summed E-state index contributed by atoms with van der Waals surface area (Å²) in [6.45, 7) is 5.98. The van der Waals surface area contributed by atoms with E-state index in [1.807, 2.05) is 23.1 Å². The van der Waals surface area contributed by atoms with Gasteiger partial charge in [-0.3, -0.25) is 4.79 Å². The lowest BCUT2D eigenvalue weighted by Crippen LogP contribution is -2.42. The first-order valence-corrected chi connectivity index (χ1v) is 6.51. The predicted octanol–water partition coefficient (Wildman–Crippen LogP) is 3.08. The summed E-state index contributed by atoms with van der Waals surface area (Å²) in [6.07, 6.45) is 2.20. The van der Waals surface area contributed by atoms with Crippen molar-refractivity contribution in [2.45, 2.75) is 33.2 Å². The first-order chi connectivity index (χ1) is 8.18. The fourth-order valence-electron chi connectivity index (χ4n) is 2.55. The molecular weight excluding hydrogens is 210 g/mol. The maximum atomic E-state index is 12.3. The first kappa shape index (κ1) is 12.2. The standard InChI is InChI=1S/C15H21NO/c1-12(2)14-9-6-10-16(15(14)17)11-13-7-4-3-5-8-13/h3-5,7-8,12,14H,6,9-11H2,1-2H3. The minimum Gasteiger partial charge on any atom is -0.338 e. The molecule has 0 bridgehead atoms. The molecule has 2 rings (SSSR count). The lowest BCUT2D eigenvalue weighted by Gasteiger charge is -2.34. The summed E-state index contributed by atoms with van der Waals surface area (Å²) in [7, 11) is 0. The van der Waals surface area contributed by atoms with Crippen LogP contribution in [0.3, 0.4) is 0 Å². The molecule has 0 saturated carbocycles.